The van der Waals surface area contributed by atoms with Gasteiger partial charge < -0.3 is 9.90 Å². The van der Waals surface area contributed by atoms with E-state index in [1.54, 1.807) is 13.0 Å². The molecule has 0 unspecified atom stereocenters. The fourth-order valence-corrected chi connectivity index (χ4v) is 2.44. The van der Waals surface area contributed by atoms with Gasteiger partial charge in [0.05, 0.1) is 22.9 Å². The summed E-state index contributed by atoms with van der Waals surface area (Å²) in [5.41, 5.74) is 2.69. The number of carbonyl (C=O) groups is 2. The highest BCUT2D eigenvalue weighted by Crippen LogP contribution is 2.24. The molecule has 124 valence electrons. The molecule has 0 N–H and O–H groups in total. The van der Waals surface area contributed by atoms with Gasteiger partial charge in [0.2, 0.25) is 0 Å². The number of aromatic carboxylic acids is 1. The number of carboxylic acid groups (broad SMARTS) is 1. The van der Waals surface area contributed by atoms with Gasteiger partial charge in [-0.3, -0.25) is 4.79 Å². The number of nitrogens with zero attached hydrogens (tertiary/aromatic N) is 2. The molecule has 0 aliphatic carbocycles. The minimum Gasteiger partial charge on any atom is -0.545 e. The summed E-state index contributed by atoms with van der Waals surface area (Å²) in [6.45, 7) is 1.76. The van der Waals surface area contributed by atoms with Crippen LogP contribution >= 0.6 is 0 Å². The van der Waals surface area contributed by atoms with Crippen molar-refractivity contribution in [2.24, 2.45) is 5.10 Å². The molecule has 25 heavy (non-hydrogen) atoms. The van der Waals surface area contributed by atoms with Crippen molar-refractivity contribution in [2.75, 3.05) is 5.01 Å². The normalized spacial score (nSPS) is 15.9. The van der Waals surface area contributed by atoms with E-state index in [-0.39, 0.29) is 11.5 Å². The zero-order valence-corrected chi connectivity index (χ0v) is 13.5. The first kappa shape index (κ1) is 16.4. The molecule has 0 fully saturated rings. The summed E-state index contributed by atoms with van der Waals surface area (Å²) in [4.78, 5) is 23.4. The number of benzene rings is 2. The average Bonchev–Trinajstić information content (AvgIpc) is 2.91. The smallest absolute Gasteiger partial charge is 0.280 e. The van der Waals surface area contributed by atoms with Crippen molar-refractivity contribution in [1.82, 2.24) is 0 Å². The standard InChI is InChI=1S/C20H16N2O3/c1-14-18(9-5-8-15-6-3-2-4-7-15)19(23)22(21-14)17-12-10-16(11-13-17)20(24)25/h2-13H,1H3,(H,24,25)/p-1/b8-5+,18-9-. The highest BCUT2D eigenvalue weighted by Gasteiger charge is 2.28. The topological polar surface area (TPSA) is 72.8 Å². The number of carboxylic acids is 1. The van der Waals surface area contributed by atoms with E-state index < -0.39 is 5.97 Å². The third-order valence-corrected chi connectivity index (χ3v) is 3.76. The predicted molar refractivity (Wildman–Crippen MR) is 94.9 cm³/mol. The van der Waals surface area contributed by atoms with Crippen LogP contribution in [0.1, 0.15) is 22.8 Å². The van der Waals surface area contributed by atoms with E-state index >= 15 is 0 Å². The molecule has 0 saturated heterocycles. The molecular formula is C20H15N2O3-. The monoisotopic (exact) mass is 331 g/mol. The molecule has 0 bridgehead atoms. The lowest BCUT2D eigenvalue weighted by Crippen LogP contribution is -2.23. The van der Waals surface area contributed by atoms with Crippen LogP contribution in [0.25, 0.3) is 6.08 Å². The summed E-state index contributed by atoms with van der Waals surface area (Å²) in [6.07, 6.45) is 5.44. The first-order chi connectivity index (χ1) is 12.1. The Balaban J connectivity index is 1.80. The third-order valence-electron chi connectivity index (χ3n) is 3.76. The first-order valence-corrected chi connectivity index (χ1v) is 7.71. The Labute approximate surface area is 145 Å². The Kier molecular flexibility index (Phi) is 4.57. The van der Waals surface area contributed by atoms with Crippen molar-refractivity contribution >= 4 is 29.4 Å². The van der Waals surface area contributed by atoms with Crippen molar-refractivity contribution in [3.63, 3.8) is 0 Å². The minimum absolute atomic E-state index is 0.0534. The maximum atomic E-state index is 12.6. The largest absolute Gasteiger partial charge is 0.545 e. The predicted octanol–water partition coefficient (Wildman–Crippen LogP) is 2.41. The van der Waals surface area contributed by atoms with Crippen LogP contribution in [-0.2, 0) is 4.79 Å². The average molecular weight is 331 g/mol. The summed E-state index contributed by atoms with van der Waals surface area (Å²) in [5.74, 6) is -1.51. The van der Waals surface area contributed by atoms with Gasteiger partial charge in [-0.25, -0.2) is 0 Å². The minimum atomic E-state index is -1.26. The van der Waals surface area contributed by atoms with Crippen LogP contribution in [0.3, 0.4) is 0 Å². The van der Waals surface area contributed by atoms with E-state index in [4.69, 9.17) is 0 Å². The quantitative estimate of drug-likeness (QED) is 0.808. The Morgan fingerprint density at radius 3 is 2.40 bits per heavy atom. The number of rotatable bonds is 4. The third kappa shape index (κ3) is 3.55. The van der Waals surface area contributed by atoms with Crippen molar-refractivity contribution < 1.29 is 14.7 Å². The van der Waals surface area contributed by atoms with E-state index in [2.05, 4.69) is 5.10 Å². The molecule has 5 nitrogen and oxygen atoms in total. The number of amides is 1. The van der Waals surface area contributed by atoms with Gasteiger partial charge in [0.25, 0.3) is 5.91 Å². The zero-order chi connectivity index (χ0) is 17.8. The summed E-state index contributed by atoms with van der Waals surface area (Å²) in [5, 5.41) is 16.3. The van der Waals surface area contributed by atoms with Gasteiger partial charge >= 0.3 is 0 Å². The van der Waals surface area contributed by atoms with Crippen LogP contribution in [0.5, 0.6) is 0 Å². The van der Waals surface area contributed by atoms with Crippen molar-refractivity contribution in [3.05, 3.63) is 83.4 Å². The second kappa shape index (κ2) is 6.97. The molecule has 0 radical (unpaired) electrons. The Morgan fingerprint density at radius 2 is 1.76 bits per heavy atom. The summed E-state index contributed by atoms with van der Waals surface area (Å²) in [7, 11) is 0. The molecular weight excluding hydrogens is 316 g/mol. The molecule has 1 aliphatic rings. The number of hydrogen-bond donors (Lipinski definition) is 0. The highest BCUT2D eigenvalue weighted by atomic mass is 16.4. The van der Waals surface area contributed by atoms with E-state index in [1.165, 1.54) is 29.3 Å². The molecule has 0 atom stereocenters. The number of hydrazone groups is 1. The zero-order valence-electron chi connectivity index (χ0n) is 13.5. The molecule has 2 aromatic carbocycles. The van der Waals surface area contributed by atoms with Gasteiger partial charge in [-0.1, -0.05) is 54.6 Å². The van der Waals surface area contributed by atoms with Crippen LogP contribution in [0, 0.1) is 0 Å². The van der Waals surface area contributed by atoms with Gasteiger partial charge in [-0.2, -0.15) is 10.1 Å². The molecule has 1 aliphatic heterocycles. The fourth-order valence-electron chi connectivity index (χ4n) is 2.44. The van der Waals surface area contributed by atoms with Gasteiger partial charge in [-0.05, 0) is 36.3 Å². The molecule has 2 aromatic rings. The second-order valence-corrected chi connectivity index (χ2v) is 5.49. The lowest BCUT2D eigenvalue weighted by Gasteiger charge is -2.12. The molecule has 0 saturated carbocycles. The van der Waals surface area contributed by atoms with Gasteiger partial charge in [0, 0.05) is 0 Å². The molecule has 1 heterocycles. The number of allylic oxidation sites excluding steroid dienone is 2. The maximum Gasteiger partial charge on any atom is 0.280 e. The first-order valence-electron chi connectivity index (χ1n) is 7.71. The fraction of sp³-hybridized carbons (Fsp3) is 0.0500. The Bertz CT molecular complexity index is 894. The maximum absolute atomic E-state index is 12.6. The molecule has 0 aromatic heterocycles. The summed E-state index contributed by atoms with van der Waals surface area (Å²) in [6, 6.07) is 15.6. The Morgan fingerprint density at radius 1 is 1.08 bits per heavy atom. The summed E-state index contributed by atoms with van der Waals surface area (Å²) < 4.78 is 0. The van der Waals surface area contributed by atoms with Crippen LogP contribution < -0.4 is 10.1 Å². The van der Waals surface area contributed by atoms with Crippen LogP contribution in [0.2, 0.25) is 0 Å². The molecule has 0 spiro atoms. The molecule has 3 rings (SSSR count). The van der Waals surface area contributed by atoms with E-state index in [1.807, 2.05) is 42.5 Å². The van der Waals surface area contributed by atoms with E-state index in [9.17, 15) is 14.7 Å². The van der Waals surface area contributed by atoms with Crippen molar-refractivity contribution in [1.29, 1.82) is 0 Å². The van der Waals surface area contributed by atoms with Crippen LogP contribution in [0.15, 0.2) is 77.4 Å². The highest BCUT2D eigenvalue weighted by molar-refractivity contribution is 6.29. The SMILES string of the molecule is CC1=NN(c2ccc(C(=O)[O-])cc2)C(=O)/C1=C\C=C\c1ccccc1. The van der Waals surface area contributed by atoms with Crippen LogP contribution in [-0.4, -0.2) is 17.6 Å². The van der Waals surface area contributed by atoms with Crippen molar-refractivity contribution in [2.45, 2.75) is 6.92 Å². The van der Waals surface area contributed by atoms with Gasteiger partial charge in [-0.15, -0.1) is 0 Å². The second-order valence-electron chi connectivity index (χ2n) is 5.49. The van der Waals surface area contributed by atoms with Crippen molar-refractivity contribution in [3.8, 4) is 0 Å². The van der Waals surface area contributed by atoms with Gasteiger partial charge in [0.1, 0.15) is 0 Å². The number of anilines is 1. The number of hydrogen-bond acceptors (Lipinski definition) is 4. The van der Waals surface area contributed by atoms with E-state index in [0.29, 0.717) is 17.0 Å². The number of carbonyl (C=O) groups excluding carboxylic acids is 2. The Hall–Kier alpha value is -3.47. The van der Waals surface area contributed by atoms with E-state index in [0.717, 1.165) is 5.56 Å². The van der Waals surface area contributed by atoms with Crippen LogP contribution in [0.4, 0.5) is 5.69 Å². The lowest BCUT2D eigenvalue weighted by molar-refractivity contribution is -0.255. The molecule has 1 amide bonds. The summed E-state index contributed by atoms with van der Waals surface area (Å²) >= 11 is 0. The van der Waals surface area contributed by atoms with Gasteiger partial charge in [0.15, 0.2) is 0 Å². The molecule has 5 heteroatoms. The lowest BCUT2D eigenvalue weighted by atomic mass is 10.1.